The molecule has 0 radical (unpaired) electrons. The summed E-state index contributed by atoms with van der Waals surface area (Å²) in [5.41, 5.74) is -2.21. The first-order chi connectivity index (χ1) is 10.1. The zero-order chi connectivity index (χ0) is 16.5. The average molecular weight is 313 g/mol. The van der Waals surface area contributed by atoms with Crippen molar-refractivity contribution in [3.05, 3.63) is 0 Å². The molecule has 0 aromatic rings. The van der Waals surface area contributed by atoms with Crippen molar-refractivity contribution in [1.82, 2.24) is 15.5 Å². The van der Waals surface area contributed by atoms with Gasteiger partial charge in [-0.15, -0.1) is 0 Å². The van der Waals surface area contributed by atoms with Gasteiger partial charge in [0.15, 0.2) is 5.54 Å². The monoisotopic (exact) mass is 313 g/mol. The van der Waals surface area contributed by atoms with Gasteiger partial charge in [-0.05, 0) is 33.6 Å². The van der Waals surface area contributed by atoms with Crippen molar-refractivity contribution in [3.8, 4) is 0 Å². The normalized spacial score (nSPS) is 24.8. The van der Waals surface area contributed by atoms with Crippen LogP contribution >= 0.6 is 0 Å². The smallest absolute Gasteiger partial charge is 0.408 e. The molecule has 2 aliphatic rings. The molecule has 1 unspecified atom stereocenters. The molecule has 3 amide bonds. The van der Waals surface area contributed by atoms with Crippen molar-refractivity contribution in [2.75, 3.05) is 13.1 Å². The fourth-order valence-electron chi connectivity index (χ4n) is 2.31. The van der Waals surface area contributed by atoms with Crippen LogP contribution in [0.15, 0.2) is 0 Å². The quantitative estimate of drug-likeness (QED) is 0.718. The van der Waals surface area contributed by atoms with Crippen LogP contribution in [-0.4, -0.2) is 58.4 Å². The van der Waals surface area contributed by atoms with Crippen LogP contribution in [0.4, 0.5) is 9.59 Å². The Morgan fingerprint density at radius 1 is 1.27 bits per heavy atom. The van der Waals surface area contributed by atoms with E-state index in [0.29, 0.717) is 0 Å². The molecule has 22 heavy (non-hydrogen) atoms. The maximum atomic E-state index is 12.0. The van der Waals surface area contributed by atoms with Crippen molar-refractivity contribution in [2.24, 2.45) is 0 Å². The van der Waals surface area contributed by atoms with E-state index in [1.807, 2.05) is 0 Å². The SMILES string of the molecule is CC(C)(C)OC(=O)NC1(C(=O)O)CCN(C(=O)NC2CC2)C1. The zero-order valence-electron chi connectivity index (χ0n) is 13.1. The van der Waals surface area contributed by atoms with E-state index in [2.05, 4.69) is 10.6 Å². The maximum absolute atomic E-state index is 12.0. The predicted molar refractivity (Wildman–Crippen MR) is 77.5 cm³/mol. The number of hydrogen-bond donors (Lipinski definition) is 3. The molecular formula is C14H23N3O5. The summed E-state index contributed by atoms with van der Waals surface area (Å²) >= 11 is 0. The van der Waals surface area contributed by atoms with Gasteiger partial charge in [0, 0.05) is 19.0 Å². The number of rotatable bonds is 3. The number of aliphatic carboxylic acids is 1. The first kappa shape index (κ1) is 16.4. The molecule has 1 aliphatic carbocycles. The number of likely N-dealkylation sites (tertiary alicyclic amines) is 1. The third-order valence-corrected chi connectivity index (χ3v) is 3.61. The van der Waals surface area contributed by atoms with Crippen molar-refractivity contribution in [2.45, 2.75) is 57.2 Å². The summed E-state index contributed by atoms with van der Waals surface area (Å²) in [6, 6.07) is -0.0808. The Balaban J connectivity index is 1.99. The predicted octanol–water partition coefficient (Wildman–Crippen LogP) is 0.912. The Morgan fingerprint density at radius 3 is 2.41 bits per heavy atom. The summed E-state index contributed by atoms with van der Waals surface area (Å²) in [4.78, 5) is 36.9. The average Bonchev–Trinajstić information content (AvgIpc) is 3.04. The standard InChI is InChI=1S/C14H23N3O5/c1-13(2,3)22-12(21)16-14(10(18)19)6-7-17(8-14)11(20)15-9-4-5-9/h9H,4-8H2,1-3H3,(H,15,20)(H,16,21)(H,18,19). The number of urea groups is 1. The lowest BCUT2D eigenvalue weighted by molar-refractivity contribution is -0.144. The summed E-state index contributed by atoms with van der Waals surface area (Å²) in [7, 11) is 0. The minimum absolute atomic E-state index is 0.0693. The second-order valence-electron chi connectivity index (χ2n) is 6.91. The molecule has 1 saturated carbocycles. The van der Waals surface area contributed by atoms with Gasteiger partial charge in [0.25, 0.3) is 0 Å². The van der Waals surface area contributed by atoms with Crippen LogP contribution in [0.5, 0.6) is 0 Å². The summed E-state index contributed by atoms with van der Waals surface area (Å²) in [6.45, 7) is 5.30. The lowest BCUT2D eigenvalue weighted by Crippen LogP contribution is -2.57. The van der Waals surface area contributed by atoms with Gasteiger partial charge in [-0.3, -0.25) is 0 Å². The number of carbonyl (C=O) groups is 3. The van der Waals surface area contributed by atoms with Gasteiger partial charge < -0.3 is 25.4 Å². The number of nitrogens with zero attached hydrogens (tertiary/aromatic N) is 1. The molecule has 2 rings (SSSR count). The Labute approximate surface area is 129 Å². The van der Waals surface area contributed by atoms with Gasteiger partial charge in [0.1, 0.15) is 5.60 Å². The van der Waals surface area contributed by atoms with Crippen LogP contribution in [-0.2, 0) is 9.53 Å². The van der Waals surface area contributed by atoms with Crippen LogP contribution in [0.3, 0.4) is 0 Å². The second kappa shape index (κ2) is 5.66. The van der Waals surface area contributed by atoms with Gasteiger partial charge >= 0.3 is 18.1 Å². The molecule has 1 saturated heterocycles. The molecule has 1 heterocycles. The van der Waals surface area contributed by atoms with Crippen LogP contribution in [0, 0.1) is 0 Å². The van der Waals surface area contributed by atoms with E-state index in [1.54, 1.807) is 20.8 Å². The number of carboxylic acid groups (broad SMARTS) is 1. The van der Waals surface area contributed by atoms with E-state index in [4.69, 9.17) is 4.74 Å². The minimum atomic E-state index is -1.50. The Kier molecular flexibility index (Phi) is 4.21. The Bertz CT molecular complexity index is 483. The molecule has 8 nitrogen and oxygen atoms in total. The van der Waals surface area contributed by atoms with Gasteiger partial charge in [-0.2, -0.15) is 0 Å². The highest BCUT2D eigenvalue weighted by atomic mass is 16.6. The third kappa shape index (κ3) is 4.02. The minimum Gasteiger partial charge on any atom is -0.479 e. The number of carbonyl (C=O) groups excluding carboxylic acids is 2. The van der Waals surface area contributed by atoms with E-state index in [1.165, 1.54) is 4.90 Å². The second-order valence-corrected chi connectivity index (χ2v) is 6.91. The molecule has 0 spiro atoms. The molecule has 3 N–H and O–H groups in total. The summed E-state index contributed by atoms with van der Waals surface area (Å²) in [6.07, 6.45) is 1.28. The van der Waals surface area contributed by atoms with Crippen molar-refractivity contribution < 1.29 is 24.2 Å². The number of ether oxygens (including phenoxy) is 1. The van der Waals surface area contributed by atoms with Crippen molar-refractivity contribution in [3.63, 3.8) is 0 Å². The number of amides is 3. The van der Waals surface area contributed by atoms with E-state index >= 15 is 0 Å². The van der Waals surface area contributed by atoms with Gasteiger partial charge in [0.05, 0.1) is 6.54 Å². The molecule has 0 bridgehead atoms. The van der Waals surface area contributed by atoms with E-state index in [-0.39, 0.29) is 31.6 Å². The van der Waals surface area contributed by atoms with Crippen molar-refractivity contribution in [1.29, 1.82) is 0 Å². The fourth-order valence-corrected chi connectivity index (χ4v) is 2.31. The third-order valence-electron chi connectivity index (χ3n) is 3.61. The Hall–Kier alpha value is -1.99. The van der Waals surface area contributed by atoms with Crippen LogP contribution in [0.25, 0.3) is 0 Å². The highest BCUT2D eigenvalue weighted by molar-refractivity contribution is 5.87. The largest absolute Gasteiger partial charge is 0.479 e. The topological polar surface area (TPSA) is 108 Å². The van der Waals surface area contributed by atoms with Crippen LogP contribution in [0.1, 0.15) is 40.0 Å². The molecule has 0 aromatic carbocycles. The van der Waals surface area contributed by atoms with Crippen molar-refractivity contribution >= 4 is 18.1 Å². The number of nitrogens with one attached hydrogen (secondary N) is 2. The molecule has 8 heteroatoms. The van der Waals surface area contributed by atoms with Gasteiger partial charge in [0.2, 0.25) is 0 Å². The van der Waals surface area contributed by atoms with Crippen LogP contribution < -0.4 is 10.6 Å². The number of alkyl carbamates (subject to hydrolysis) is 1. The van der Waals surface area contributed by atoms with Gasteiger partial charge in [-0.1, -0.05) is 0 Å². The van der Waals surface area contributed by atoms with E-state index in [9.17, 15) is 19.5 Å². The molecule has 124 valence electrons. The maximum Gasteiger partial charge on any atom is 0.408 e. The first-order valence-corrected chi connectivity index (χ1v) is 7.41. The van der Waals surface area contributed by atoms with E-state index in [0.717, 1.165) is 12.8 Å². The molecule has 0 aromatic heterocycles. The summed E-state index contributed by atoms with van der Waals surface area (Å²) in [5.74, 6) is -1.17. The fraction of sp³-hybridized carbons (Fsp3) is 0.786. The van der Waals surface area contributed by atoms with E-state index < -0.39 is 23.2 Å². The van der Waals surface area contributed by atoms with Gasteiger partial charge in [-0.25, -0.2) is 14.4 Å². The zero-order valence-corrected chi connectivity index (χ0v) is 13.1. The summed E-state index contributed by atoms with van der Waals surface area (Å²) < 4.78 is 5.11. The highest BCUT2D eigenvalue weighted by Gasteiger charge is 2.48. The van der Waals surface area contributed by atoms with Crippen LogP contribution in [0.2, 0.25) is 0 Å². The number of carboxylic acids is 1. The highest BCUT2D eigenvalue weighted by Crippen LogP contribution is 2.24. The molecule has 1 aliphatic heterocycles. The number of hydrogen-bond acceptors (Lipinski definition) is 4. The lowest BCUT2D eigenvalue weighted by Gasteiger charge is -2.28. The lowest BCUT2D eigenvalue weighted by atomic mass is 9.99. The molecule has 1 atom stereocenters. The summed E-state index contributed by atoms with van der Waals surface area (Å²) in [5, 5.41) is 14.7. The Morgan fingerprint density at radius 2 is 1.91 bits per heavy atom. The molecule has 2 fully saturated rings. The molecular weight excluding hydrogens is 290 g/mol. The first-order valence-electron chi connectivity index (χ1n) is 7.41.